The summed E-state index contributed by atoms with van der Waals surface area (Å²) < 4.78 is 8.26. The lowest BCUT2D eigenvalue weighted by Crippen LogP contribution is -2.54. The summed E-state index contributed by atoms with van der Waals surface area (Å²) in [5, 5.41) is 0. The summed E-state index contributed by atoms with van der Waals surface area (Å²) in [5.74, 6) is 0. The number of rotatable bonds is 3. The first kappa shape index (κ1) is 15.4. The molecule has 1 aromatic heterocycles. The molecule has 0 aromatic carbocycles. The fourth-order valence-corrected chi connectivity index (χ4v) is 5.68. The summed E-state index contributed by atoms with van der Waals surface area (Å²) in [6.07, 6.45) is 5.48. The zero-order chi connectivity index (χ0) is 14.1. The monoisotopic (exact) mass is 422 g/mol. The molecule has 1 aromatic rings. The third-order valence-electron chi connectivity index (χ3n) is 4.39. The number of nitrogens with zero attached hydrogens (tertiary/aromatic N) is 1. The first-order valence-electron chi connectivity index (χ1n) is 7.23. The van der Waals surface area contributed by atoms with Gasteiger partial charge in [-0.1, -0.05) is 12.8 Å². The van der Waals surface area contributed by atoms with E-state index in [1.807, 2.05) is 0 Å². The van der Waals surface area contributed by atoms with E-state index >= 15 is 0 Å². The first-order chi connectivity index (χ1) is 9.70. The molecular formula is C14H20Br2N2OS. The normalized spacial score (nSPS) is 29.1. The van der Waals surface area contributed by atoms with Crippen molar-refractivity contribution >= 4 is 43.2 Å². The smallest absolute Gasteiger partial charge is 0.0843 e. The maximum Gasteiger partial charge on any atom is 0.0843 e. The Balaban J connectivity index is 1.83. The average molecular weight is 424 g/mol. The summed E-state index contributed by atoms with van der Waals surface area (Å²) in [6, 6.07) is 3.07. The maximum atomic E-state index is 6.11. The molecule has 0 spiro atoms. The molecule has 3 rings (SSSR count). The van der Waals surface area contributed by atoms with Crippen molar-refractivity contribution in [1.82, 2.24) is 4.90 Å². The van der Waals surface area contributed by atoms with Crippen molar-refractivity contribution in [2.45, 2.75) is 43.9 Å². The Labute approximate surface area is 141 Å². The van der Waals surface area contributed by atoms with Gasteiger partial charge in [0.2, 0.25) is 0 Å². The molecule has 3 atom stereocenters. The largest absolute Gasteiger partial charge is 0.375 e. The second kappa shape index (κ2) is 6.75. The molecule has 6 heteroatoms. The molecule has 2 fully saturated rings. The van der Waals surface area contributed by atoms with Crippen molar-refractivity contribution in [3.8, 4) is 0 Å². The predicted molar refractivity (Wildman–Crippen MR) is 90.2 cm³/mol. The van der Waals surface area contributed by atoms with Gasteiger partial charge in [0.1, 0.15) is 0 Å². The second-order valence-electron chi connectivity index (χ2n) is 5.52. The van der Waals surface area contributed by atoms with Crippen molar-refractivity contribution in [3.63, 3.8) is 0 Å². The highest BCUT2D eigenvalue weighted by molar-refractivity contribution is 9.13. The summed E-state index contributed by atoms with van der Waals surface area (Å²) in [7, 11) is 0. The van der Waals surface area contributed by atoms with E-state index < -0.39 is 0 Å². The van der Waals surface area contributed by atoms with E-state index in [9.17, 15) is 0 Å². The molecule has 1 saturated heterocycles. The van der Waals surface area contributed by atoms with Gasteiger partial charge < -0.3 is 10.5 Å². The number of hydrogen-bond donors (Lipinski definition) is 1. The topological polar surface area (TPSA) is 38.5 Å². The van der Waals surface area contributed by atoms with Crippen LogP contribution < -0.4 is 5.73 Å². The molecular weight excluding hydrogens is 404 g/mol. The van der Waals surface area contributed by atoms with Crippen LogP contribution in [0.1, 0.15) is 36.6 Å². The van der Waals surface area contributed by atoms with Crippen LogP contribution in [0, 0.1) is 0 Å². The molecule has 3 nitrogen and oxygen atoms in total. The van der Waals surface area contributed by atoms with E-state index in [2.05, 4.69) is 42.8 Å². The molecule has 2 heterocycles. The molecule has 1 aliphatic heterocycles. The molecule has 112 valence electrons. The van der Waals surface area contributed by atoms with Gasteiger partial charge in [-0.15, -0.1) is 11.3 Å². The molecule has 1 aliphatic carbocycles. The van der Waals surface area contributed by atoms with Crippen LogP contribution in [-0.4, -0.2) is 36.7 Å². The van der Waals surface area contributed by atoms with Crippen LogP contribution in [0.15, 0.2) is 14.3 Å². The second-order valence-corrected chi connectivity index (χ2v) is 8.78. The van der Waals surface area contributed by atoms with Gasteiger partial charge in [0.15, 0.2) is 0 Å². The van der Waals surface area contributed by atoms with Gasteiger partial charge in [-0.05, 0) is 50.8 Å². The third kappa shape index (κ3) is 3.01. The van der Waals surface area contributed by atoms with Crippen molar-refractivity contribution in [2.24, 2.45) is 5.73 Å². The highest BCUT2D eigenvalue weighted by Crippen LogP contribution is 2.40. The van der Waals surface area contributed by atoms with E-state index in [0.717, 1.165) is 21.4 Å². The van der Waals surface area contributed by atoms with E-state index in [1.165, 1.54) is 30.6 Å². The van der Waals surface area contributed by atoms with Crippen LogP contribution in [-0.2, 0) is 4.74 Å². The van der Waals surface area contributed by atoms with E-state index in [1.54, 1.807) is 11.3 Å². The first-order valence-corrected chi connectivity index (χ1v) is 9.63. The van der Waals surface area contributed by atoms with Crippen LogP contribution in [0.2, 0.25) is 0 Å². The Bertz CT molecular complexity index is 447. The van der Waals surface area contributed by atoms with E-state index in [0.29, 0.717) is 24.7 Å². The fraction of sp³-hybridized carbons (Fsp3) is 0.714. The van der Waals surface area contributed by atoms with E-state index in [4.69, 9.17) is 10.5 Å². The number of morpholine rings is 1. The number of fused-ring (bicyclic) bond motifs is 1. The lowest BCUT2D eigenvalue weighted by Gasteiger charge is -2.46. The lowest BCUT2D eigenvalue weighted by atomic mass is 9.89. The molecule has 20 heavy (non-hydrogen) atoms. The Morgan fingerprint density at radius 3 is 2.90 bits per heavy atom. The molecule has 3 unspecified atom stereocenters. The highest BCUT2D eigenvalue weighted by Gasteiger charge is 2.38. The zero-order valence-corrected chi connectivity index (χ0v) is 15.3. The van der Waals surface area contributed by atoms with Crippen LogP contribution in [0.25, 0.3) is 0 Å². The van der Waals surface area contributed by atoms with E-state index in [-0.39, 0.29) is 0 Å². The van der Waals surface area contributed by atoms with Gasteiger partial charge in [0, 0.05) is 28.5 Å². The van der Waals surface area contributed by atoms with Crippen molar-refractivity contribution in [2.75, 3.05) is 19.7 Å². The SMILES string of the molecule is NCC(c1cc(Br)c(Br)s1)N1CCOC2CCCCC21. The minimum atomic E-state index is 0.317. The van der Waals surface area contributed by atoms with Crippen molar-refractivity contribution in [3.05, 3.63) is 19.2 Å². The molecule has 0 bridgehead atoms. The van der Waals surface area contributed by atoms with Gasteiger partial charge in [0.25, 0.3) is 0 Å². The van der Waals surface area contributed by atoms with Crippen LogP contribution in [0.4, 0.5) is 0 Å². The Hall–Kier alpha value is 0.540. The predicted octanol–water partition coefficient (Wildman–Crippen LogP) is 3.92. The third-order valence-corrected chi connectivity index (χ3v) is 7.75. The highest BCUT2D eigenvalue weighted by atomic mass is 79.9. The number of thiophene rings is 1. The van der Waals surface area contributed by atoms with Crippen LogP contribution >= 0.6 is 43.2 Å². The summed E-state index contributed by atoms with van der Waals surface area (Å²) in [4.78, 5) is 3.94. The molecule has 1 saturated carbocycles. The average Bonchev–Trinajstić information content (AvgIpc) is 2.79. The number of ether oxygens (including phenoxy) is 1. The Morgan fingerprint density at radius 1 is 1.40 bits per heavy atom. The maximum absolute atomic E-state index is 6.11. The Morgan fingerprint density at radius 2 is 2.20 bits per heavy atom. The van der Waals surface area contributed by atoms with Crippen molar-refractivity contribution < 1.29 is 4.74 Å². The molecule has 0 radical (unpaired) electrons. The molecule has 0 amide bonds. The molecule has 2 aliphatic rings. The zero-order valence-electron chi connectivity index (χ0n) is 11.4. The van der Waals surface area contributed by atoms with Gasteiger partial charge in [0.05, 0.1) is 22.5 Å². The summed E-state index contributed by atoms with van der Waals surface area (Å²) in [5.41, 5.74) is 6.11. The standard InChI is InChI=1S/C14H20Br2N2OS/c15-9-7-13(20-14(9)16)11(8-17)18-5-6-19-12-4-2-1-3-10(12)18/h7,10-12H,1-6,8,17H2. The molecule has 2 N–H and O–H groups in total. The van der Waals surface area contributed by atoms with Crippen molar-refractivity contribution in [1.29, 1.82) is 0 Å². The van der Waals surface area contributed by atoms with Gasteiger partial charge in [-0.2, -0.15) is 0 Å². The van der Waals surface area contributed by atoms with Gasteiger partial charge in [-0.25, -0.2) is 0 Å². The van der Waals surface area contributed by atoms with Crippen LogP contribution in [0.5, 0.6) is 0 Å². The fourth-order valence-electron chi connectivity index (χ4n) is 3.46. The minimum absolute atomic E-state index is 0.317. The van der Waals surface area contributed by atoms with Gasteiger partial charge >= 0.3 is 0 Å². The number of nitrogens with two attached hydrogens (primary N) is 1. The number of halogens is 2. The summed E-state index contributed by atoms with van der Waals surface area (Å²) in [6.45, 7) is 2.50. The Kier molecular flexibility index (Phi) is 5.21. The van der Waals surface area contributed by atoms with Gasteiger partial charge in [-0.3, -0.25) is 4.90 Å². The number of hydrogen-bond acceptors (Lipinski definition) is 4. The summed E-state index contributed by atoms with van der Waals surface area (Å²) >= 11 is 8.97. The van der Waals surface area contributed by atoms with Crippen LogP contribution in [0.3, 0.4) is 0 Å². The minimum Gasteiger partial charge on any atom is -0.375 e. The lowest BCUT2D eigenvalue weighted by molar-refractivity contribution is -0.102. The quantitative estimate of drug-likeness (QED) is 0.800.